The standard InChI is InChI=1S/C18H29N3O3.HI/c1-3-19-17(21-14-18(22)9-11-23-12-10-18)20-13-15-7-5-6-8-16(15)24-4-2;/h5-8,22H,3-4,9-14H2,1-2H3,(H2,19,20,21);1H. The van der Waals surface area contributed by atoms with Gasteiger partial charge in [0.1, 0.15) is 5.75 Å². The molecule has 0 saturated carbocycles. The summed E-state index contributed by atoms with van der Waals surface area (Å²) in [5.74, 6) is 1.56. The normalized spacial score (nSPS) is 16.7. The van der Waals surface area contributed by atoms with Gasteiger partial charge in [-0.15, -0.1) is 24.0 Å². The third-order valence-electron chi connectivity index (χ3n) is 4.03. The molecule has 2 rings (SSSR count). The maximum atomic E-state index is 10.5. The van der Waals surface area contributed by atoms with Gasteiger partial charge in [0.25, 0.3) is 0 Å². The number of guanidine groups is 1. The molecule has 25 heavy (non-hydrogen) atoms. The molecule has 0 unspecified atom stereocenters. The highest BCUT2D eigenvalue weighted by Crippen LogP contribution is 2.20. The lowest BCUT2D eigenvalue weighted by atomic mass is 9.94. The second-order valence-corrected chi connectivity index (χ2v) is 5.93. The fourth-order valence-electron chi connectivity index (χ4n) is 2.61. The van der Waals surface area contributed by atoms with Gasteiger partial charge in [-0.1, -0.05) is 18.2 Å². The van der Waals surface area contributed by atoms with Crippen LogP contribution in [0.1, 0.15) is 32.3 Å². The first-order valence-electron chi connectivity index (χ1n) is 8.70. The average molecular weight is 463 g/mol. The van der Waals surface area contributed by atoms with Gasteiger partial charge < -0.3 is 25.2 Å². The SMILES string of the molecule is CCNC(=NCc1ccccc1OCC)NCC1(O)CCOCC1.I. The molecule has 6 nitrogen and oxygen atoms in total. The summed E-state index contributed by atoms with van der Waals surface area (Å²) in [4.78, 5) is 4.61. The minimum absolute atomic E-state index is 0. The molecule has 142 valence electrons. The van der Waals surface area contributed by atoms with Crippen LogP contribution in [0.25, 0.3) is 0 Å². The Labute approximate surface area is 167 Å². The quantitative estimate of drug-likeness (QED) is 0.329. The van der Waals surface area contributed by atoms with E-state index in [0.717, 1.165) is 17.9 Å². The molecule has 1 fully saturated rings. The highest BCUT2D eigenvalue weighted by molar-refractivity contribution is 14.0. The van der Waals surface area contributed by atoms with Gasteiger partial charge in [-0.25, -0.2) is 4.99 Å². The Bertz CT molecular complexity index is 534. The Kier molecular flexibility index (Phi) is 10.1. The number of ether oxygens (including phenoxy) is 2. The Morgan fingerprint density at radius 3 is 2.64 bits per heavy atom. The second kappa shape index (κ2) is 11.5. The van der Waals surface area contributed by atoms with Crippen LogP contribution in [0.15, 0.2) is 29.3 Å². The molecule has 3 N–H and O–H groups in total. The van der Waals surface area contributed by atoms with Crippen molar-refractivity contribution in [2.24, 2.45) is 4.99 Å². The number of halogens is 1. The Hall–Kier alpha value is -1.06. The molecule has 1 aliphatic rings. The van der Waals surface area contributed by atoms with Crippen molar-refractivity contribution in [3.63, 3.8) is 0 Å². The molecule has 0 atom stereocenters. The maximum absolute atomic E-state index is 10.5. The molecule has 0 aliphatic carbocycles. The zero-order valence-corrected chi connectivity index (χ0v) is 17.4. The number of aliphatic hydroxyl groups is 1. The molecule has 0 spiro atoms. The highest BCUT2D eigenvalue weighted by atomic mass is 127. The van der Waals surface area contributed by atoms with E-state index in [0.29, 0.717) is 51.7 Å². The number of hydrogen-bond acceptors (Lipinski definition) is 4. The number of nitrogens with one attached hydrogen (secondary N) is 2. The van der Waals surface area contributed by atoms with Crippen LogP contribution >= 0.6 is 24.0 Å². The maximum Gasteiger partial charge on any atom is 0.191 e. The molecule has 0 bridgehead atoms. The van der Waals surface area contributed by atoms with E-state index >= 15 is 0 Å². The van der Waals surface area contributed by atoms with E-state index in [1.54, 1.807) is 0 Å². The molecular formula is C18H30IN3O3. The van der Waals surface area contributed by atoms with Crippen molar-refractivity contribution in [3.05, 3.63) is 29.8 Å². The number of rotatable bonds is 7. The van der Waals surface area contributed by atoms with Gasteiger partial charge in [-0.3, -0.25) is 0 Å². The predicted molar refractivity (Wildman–Crippen MR) is 111 cm³/mol. The van der Waals surface area contributed by atoms with Gasteiger partial charge in [0, 0.05) is 44.7 Å². The van der Waals surface area contributed by atoms with Crippen LogP contribution in [0, 0.1) is 0 Å². The van der Waals surface area contributed by atoms with E-state index in [9.17, 15) is 5.11 Å². The number of benzene rings is 1. The Morgan fingerprint density at radius 1 is 1.24 bits per heavy atom. The number of para-hydroxylation sites is 1. The van der Waals surface area contributed by atoms with Crippen molar-refractivity contribution in [1.82, 2.24) is 10.6 Å². The van der Waals surface area contributed by atoms with Crippen LogP contribution in [-0.2, 0) is 11.3 Å². The third-order valence-corrected chi connectivity index (χ3v) is 4.03. The number of aliphatic imine (C=N–C) groups is 1. The van der Waals surface area contributed by atoms with Crippen molar-refractivity contribution < 1.29 is 14.6 Å². The first-order chi connectivity index (χ1) is 11.7. The lowest BCUT2D eigenvalue weighted by Gasteiger charge is -2.32. The first kappa shape index (κ1) is 22.0. The summed E-state index contributed by atoms with van der Waals surface area (Å²) in [7, 11) is 0. The summed E-state index contributed by atoms with van der Waals surface area (Å²) in [5.41, 5.74) is 0.318. The number of hydrogen-bond donors (Lipinski definition) is 3. The van der Waals surface area contributed by atoms with Crippen molar-refractivity contribution >= 4 is 29.9 Å². The summed E-state index contributed by atoms with van der Waals surface area (Å²) < 4.78 is 10.9. The fraction of sp³-hybridized carbons (Fsp3) is 0.611. The summed E-state index contributed by atoms with van der Waals surface area (Å²) >= 11 is 0. The molecular weight excluding hydrogens is 433 g/mol. The van der Waals surface area contributed by atoms with Crippen molar-refractivity contribution in [3.8, 4) is 5.75 Å². The van der Waals surface area contributed by atoms with Crippen LogP contribution in [0.2, 0.25) is 0 Å². The van der Waals surface area contributed by atoms with Crippen LogP contribution < -0.4 is 15.4 Å². The highest BCUT2D eigenvalue weighted by Gasteiger charge is 2.29. The minimum Gasteiger partial charge on any atom is -0.494 e. The first-order valence-corrected chi connectivity index (χ1v) is 8.70. The molecule has 0 radical (unpaired) electrons. The topological polar surface area (TPSA) is 75.1 Å². The molecule has 1 aromatic carbocycles. The van der Waals surface area contributed by atoms with E-state index in [-0.39, 0.29) is 24.0 Å². The molecule has 7 heteroatoms. The lowest BCUT2D eigenvalue weighted by molar-refractivity contribution is -0.0594. The van der Waals surface area contributed by atoms with Crippen molar-refractivity contribution in [1.29, 1.82) is 0 Å². The van der Waals surface area contributed by atoms with Crippen molar-refractivity contribution in [2.45, 2.75) is 38.8 Å². The molecule has 1 heterocycles. The van der Waals surface area contributed by atoms with Gasteiger partial charge in [0.2, 0.25) is 0 Å². The molecule has 1 saturated heterocycles. The fourth-order valence-corrected chi connectivity index (χ4v) is 2.61. The Morgan fingerprint density at radius 2 is 1.96 bits per heavy atom. The van der Waals surface area contributed by atoms with Crippen LogP contribution in [0.5, 0.6) is 5.75 Å². The lowest BCUT2D eigenvalue weighted by Crippen LogP contribution is -2.49. The van der Waals surface area contributed by atoms with E-state index in [2.05, 4.69) is 15.6 Å². The van der Waals surface area contributed by atoms with Gasteiger partial charge in [-0.2, -0.15) is 0 Å². The van der Waals surface area contributed by atoms with Crippen LogP contribution in [0.4, 0.5) is 0 Å². The van der Waals surface area contributed by atoms with E-state index in [1.807, 2.05) is 38.1 Å². The van der Waals surface area contributed by atoms with Gasteiger partial charge in [-0.05, 0) is 19.9 Å². The summed E-state index contributed by atoms with van der Waals surface area (Å²) in [6.07, 6.45) is 1.29. The zero-order valence-electron chi connectivity index (χ0n) is 15.1. The molecule has 0 amide bonds. The zero-order chi connectivity index (χ0) is 17.3. The predicted octanol–water partition coefficient (Wildman–Crippen LogP) is 2.30. The van der Waals surface area contributed by atoms with E-state index in [4.69, 9.17) is 9.47 Å². The summed E-state index contributed by atoms with van der Waals surface area (Å²) in [5, 5.41) is 17.0. The van der Waals surface area contributed by atoms with E-state index < -0.39 is 5.60 Å². The Balaban J connectivity index is 0.00000312. The largest absolute Gasteiger partial charge is 0.494 e. The molecule has 1 aliphatic heterocycles. The van der Waals surface area contributed by atoms with Gasteiger partial charge in [0.05, 0.1) is 18.8 Å². The third kappa shape index (κ3) is 7.37. The van der Waals surface area contributed by atoms with Crippen LogP contribution in [0.3, 0.4) is 0 Å². The van der Waals surface area contributed by atoms with E-state index in [1.165, 1.54) is 0 Å². The molecule has 1 aromatic rings. The van der Waals surface area contributed by atoms with Gasteiger partial charge in [0.15, 0.2) is 5.96 Å². The van der Waals surface area contributed by atoms with Crippen molar-refractivity contribution in [2.75, 3.05) is 32.9 Å². The average Bonchev–Trinajstić information content (AvgIpc) is 2.59. The van der Waals surface area contributed by atoms with Crippen LogP contribution in [-0.4, -0.2) is 49.6 Å². The summed E-state index contributed by atoms with van der Waals surface area (Å²) in [6, 6.07) is 7.92. The monoisotopic (exact) mass is 463 g/mol. The molecule has 0 aromatic heterocycles. The van der Waals surface area contributed by atoms with Gasteiger partial charge >= 0.3 is 0 Å². The number of nitrogens with zero attached hydrogens (tertiary/aromatic N) is 1. The second-order valence-electron chi connectivity index (χ2n) is 5.93. The summed E-state index contributed by atoms with van der Waals surface area (Å²) in [6.45, 7) is 7.59. The minimum atomic E-state index is -0.725. The smallest absolute Gasteiger partial charge is 0.191 e.